The van der Waals surface area contributed by atoms with Gasteiger partial charge < -0.3 is 10.2 Å². The Morgan fingerprint density at radius 3 is 2.26 bits per heavy atom. The van der Waals surface area contributed by atoms with Crippen LogP contribution in [0.5, 0.6) is 0 Å². The fourth-order valence-corrected chi connectivity index (χ4v) is 3.65. The second-order valence-electron chi connectivity index (χ2n) is 8.15. The van der Waals surface area contributed by atoms with Crippen molar-refractivity contribution >= 4 is 29.3 Å². The van der Waals surface area contributed by atoms with Crippen LogP contribution in [0, 0.1) is 10.1 Å². The van der Waals surface area contributed by atoms with Crippen molar-refractivity contribution < 1.29 is 14.5 Å². The summed E-state index contributed by atoms with van der Waals surface area (Å²) in [6.07, 6.45) is 4.12. The molecule has 0 fully saturated rings. The van der Waals surface area contributed by atoms with Gasteiger partial charge in [-0.2, -0.15) is 0 Å². The van der Waals surface area contributed by atoms with E-state index in [-0.39, 0.29) is 36.5 Å². The van der Waals surface area contributed by atoms with Crippen molar-refractivity contribution in [3.8, 4) is 0 Å². The van der Waals surface area contributed by atoms with Crippen molar-refractivity contribution in [2.24, 2.45) is 0 Å². The lowest BCUT2D eigenvalue weighted by Gasteiger charge is -2.28. The summed E-state index contributed by atoms with van der Waals surface area (Å²) in [5, 5.41) is 13.7. The smallest absolute Gasteiger partial charge is 0.269 e. The normalized spacial score (nSPS) is 11.7. The molecule has 7 heteroatoms. The van der Waals surface area contributed by atoms with Gasteiger partial charge in [0.25, 0.3) is 5.69 Å². The average Bonchev–Trinajstić information content (AvgIpc) is 2.88. The molecule has 1 atom stereocenters. The first-order valence-electron chi connectivity index (χ1n) is 11.5. The maximum Gasteiger partial charge on any atom is 0.269 e. The molecular formula is C28H29N3O4. The van der Waals surface area contributed by atoms with Crippen LogP contribution in [0.2, 0.25) is 0 Å². The third-order valence-corrected chi connectivity index (χ3v) is 5.78. The summed E-state index contributed by atoms with van der Waals surface area (Å²) in [5.41, 5.74) is 3.53. The topological polar surface area (TPSA) is 92.6 Å². The number of rotatable bonds is 10. The first-order chi connectivity index (χ1) is 16.9. The van der Waals surface area contributed by atoms with Crippen LogP contribution in [0.4, 0.5) is 11.4 Å². The molecule has 0 heterocycles. The van der Waals surface area contributed by atoms with E-state index < -0.39 is 4.92 Å². The molecule has 0 aliphatic rings. The van der Waals surface area contributed by atoms with E-state index in [0.717, 1.165) is 17.7 Å². The number of nitrogens with zero attached hydrogens (tertiary/aromatic N) is 2. The third-order valence-electron chi connectivity index (χ3n) is 5.78. The van der Waals surface area contributed by atoms with E-state index >= 15 is 0 Å². The fraction of sp³-hybridized carbons (Fsp3) is 0.214. The van der Waals surface area contributed by atoms with Gasteiger partial charge in [-0.25, -0.2) is 0 Å². The number of benzene rings is 3. The summed E-state index contributed by atoms with van der Waals surface area (Å²) in [7, 11) is 0. The van der Waals surface area contributed by atoms with Crippen molar-refractivity contribution in [3.63, 3.8) is 0 Å². The molecule has 7 nitrogen and oxygen atoms in total. The highest BCUT2D eigenvalue weighted by Gasteiger charge is 2.21. The number of nitrogens with one attached hydrogen (secondary N) is 1. The summed E-state index contributed by atoms with van der Waals surface area (Å²) in [6, 6.07) is 23.0. The van der Waals surface area contributed by atoms with Gasteiger partial charge in [-0.05, 0) is 60.4 Å². The maximum atomic E-state index is 13.1. The molecule has 0 aromatic heterocycles. The predicted molar refractivity (Wildman–Crippen MR) is 138 cm³/mol. The predicted octanol–water partition coefficient (Wildman–Crippen LogP) is 5.79. The summed E-state index contributed by atoms with van der Waals surface area (Å²) < 4.78 is 0. The van der Waals surface area contributed by atoms with E-state index in [9.17, 15) is 19.7 Å². The van der Waals surface area contributed by atoms with Gasteiger partial charge >= 0.3 is 0 Å². The summed E-state index contributed by atoms with van der Waals surface area (Å²) >= 11 is 0. The van der Waals surface area contributed by atoms with E-state index in [1.54, 1.807) is 23.1 Å². The first kappa shape index (κ1) is 25.4. The zero-order valence-electron chi connectivity index (χ0n) is 19.9. The van der Waals surface area contributed by atoms with Gasteiger partial charge in [0.15, 0.2) is 0 Å². The van der Waals surface area contributed by atoms with Crippen molar-refractivity contribution in [2.45, 2.75) is 32.7 Å². The van der Waals surface area contributed by atoms with E-state index in [1.807, 2.05) is 61.5 Å². The molecule has 3 rings (SSSR count). The Morgan fingerprint density at radius 2 is 1.66 bits per heavy atom. The first-order valence-corrected chi connectivity index (χ1v) is 11.5. The number of hydrogen-bond donors (Lipinski definition) is 1. The fourth-order valence-electron chi connectivity index (χ4n) is 3.65. The number of non-ortho nitro benzene ring substituents is 1. The Hall–Kier alpha value is -4.26. The number of carbonyl (C=O) groups is 2. The molecule has 2 amide bonds. The van der Waals surface area contributed by atoms with Gasteiger partial charge in [-0.1, -0.05) is 49.4 Å². The van der Waals surface area contributed by atoms with Crippen LogP contribution in [0.1, 0.15) is 43.0 Å². The molecule has 3 aromatic rings. The zero-order valence-corrected chi connectivity index (χ0v) is 19.9. The monoisotopic (exact) mass is 471 g/mol. The Balaban J connectivity index is 1.70. The molecule has 0 saturated heterocycles. The van der Waals surface area contributed by atoms with Gasteiger partial charge in [-0.3, -0.25) is 19.7 Å². The largest absolute Gasteiger partial charge is 0.332 e. The van der Waals surface area contributed by atoms with Crippen LogP contribution < -0.4 is 5.32 Å². The summed E-state index contributed by atoms with van der Waals surface area (Å²) in [6.45, 7) is 4.23. The highest BCUT2D eigenvalue weighted by atomic mass is 16.6. The van der Waals surface area contributed by atoms with E-state index in [4.69, 9.17) is 0 Å². The van der Waals surface area contributed by atoms with Crippen molar-refractivity contribution in [1.82, 2.24) is 4.90 Å². The number of amides is 2. The second-order valence-corrected chi connectivity index (χ2v) is 8.15. The molecule has 35 heavy (non-hydrogen) atoms. The SMILES string of the molecule is CCc1ccc(NC(=O)CCN(C(=O)/C=C/c2ccc([N+](=O)[O-])cc2)C(C)c2ccccc2)cc1. The minimum Gasteiger partial charge on any atom is -0.332 e. The Labute approximate surface area is 205 Å². The lowest BCUT2D eigenvalue weighted by molar-refractivity contribution is -0.384. The second kappa shape index (κ2) is 12.3. The van der Waals surface area contributed by atoms with Crippen LogP contribution in [0.25, 0.3) is 6.08 Å². The molecular weight excluding hydrogens is 442 g/mol. The van der Waals surface area contributed by atoms with Crippen molar-refractivity contribution in [2.75, 3.05) is 11.9 Å². The van der Waals surface area contributed by atoms with Crippen LogP contribution in [-0.2, 0) is 16.0 Å². The maximum absolute atomic E-state index is 13.1. The molecule has 0 bridgehead atoms. The lowest BCUT2D eigenvalue weighted by Crippen LogP contribution is -2.35. The van der Waals surface area contributed by atoms with Crippen molar-refractivity contribution in [3.05, 3.63) is 112 Å². The van der Waals surface area contributed by atoms with Crippen LogP contribution in [0.3, 0.4) is 0 Å². The van der Waals surface area contributed by atoms with Gasteiger partial charge in [0.05, 0.1) is 11.0 Å². The molecule has 0 radical (unpaired) electrons. The molecule has 1 N–H and O–H groups in total. The van der Waals surface area contributed by atoms with Crippen molar-refractivity contribution in [1.29, 1.82) is 0 Å². The minimum absolute atomic E-state index is 0.0110. The van der Waals surface area contributed by atoms with Crippen LogP contribution >= 0.6 is 0 Å². The number of nitro benzene ring substituents is 1. The number of anilines is 1. The van der Waals surface area contributed by atoms with E-state index in [2.05, 4.69) is 12.2 Å². The minimum atomic E-state index is -0.467. The number of nitro groups is 1. The molecule has 3 aromatic carbocycles. The highest BCUT2D eigenvalue weighted by Crippen LogP contribution is 2.22. The quantitative estimate of drug-likeness (QED) is 0.230. The Morgan fingerprint density at radius 1 is 1.00 bits per heavy atom. The summed E-state index contributed by atoms with van der Waals surface area (Å²) in [5.74, 6) is -0.425. The Bertz CT molecular complexity index is 1170. The van der Waals surface area contributed by atoms with Crippen LogP contribution in [-0.4, -0.2) is 28.2 Å². The van der Waals surface area contributed by atoms with Gasteiger partial charge in [0.2, 0.25) is 11.8 Å². The van der Waals surface area contributed by atoms with Crippen LogP contribution in [0.15, 0.2) is 84.9 Å². The number of hydrogen-bond acceptors (Lipinski definition) is 4. The van der Waals surface area contributed by atoms with Gasteiger partial charge in [-0.15, -0.1) is 0 Å². The molecule has 0 saturated carbocycles. The molecule has 180 valence electrons. The Kier molecular flexibility index (Phi) is 8.89. The zero-order chi connectivity index (χ0) is 25.2. The number of aryl methyl sites for hydroxylation is 1. The van der Waals surface area contributed by atoms with E-state index in [1.165, 1.54) is 23.8 Å². The van der Waals surface area contributed by atoms with Gasteiger partial charge in [0.1, 0.15) is 0 Å². The third kappa shape index (κ3) is 7.37. The highest BCUT2D eigenvalue weighted by molar-refractivity contribution is 5.94. The molecule has 0 spiro atoms. The molecule has 0 aliphatic heterocycles. The number of carbonyl (C=O) groups excluding carboxylic acids is 2. The molecule has 1 unspecified atom stereocenters. The average molecular weight is 472 g/mol. The van der Waals surface area contributed by atoms with Gasteiger partial charge in [0, 0.05) is 36.9 Å². The standard InChI is InChI=1S/C28H29N3O4/c1-3-22-9-14-25(15-10-22)29-27(32)19-20-30(21(2)24-7-5-4-6-8-24)28(33)18-13-23-11-16-26(17-12-23)31(34)35/h4-18,21H,3,19-20H2,1-2H3,(H,29,32)/b18-13+. The lowest BCUT2D eigenvalue weighted by atomic mass is 10.1. The van der Waals surface area contributed by atoms with E-state index in [0.29, 0.717) is 5.56 Å². The molecule has 0 aliphatic carbocycles. The summed E-state index contributed by atoms with van der Waals surface area (Å²) in [4.78, 5) is 37.8.